The molecule has 1 N–H and O–H groups in total. The maximum Gasteiger partial charge on any atom is 0.302 e. The second kappa shape index (κ2) is 9.84. The highest BCUT2D eigenvalue weighted by molar-refractivity contribution is 5.92. The van der Waals surface area contributed by atoms with E-state index in [2.05, 4.69) is 45.1 Å². The van der Waals surface area contributed by atoms with Crippen LogP contribution in [0.5, 0.6) is 0 Å². The van der Waals surface area contributed by atoms with Gasteiger partial charge in [-0.05, 0) is 121 Å². The number of ether oxygens (including phenoxy) is 1. The van der Waals surface area contributed by atoms with Gasteiger partial charge in [-0.1, -0.05) is 19.9 Å². The Morgan fingerprint density at radius 3 is 2.20 bits per heavy atom. The molecule has 0 saturated heterocycles. The lowest BCUT2D eigenvalue weighted by atomic mass is 9.44. The molecule has 0 unspecified atom stereocenters. The minimum atomic E-state index is -0.226. The Kier molecular flexibility index (Phi) is 7.50. The quantitative estimate of drug-likeness (QED) is 0.407. The van der Waals surface area contributed by atoms with Crippen LogP contribution in [-0.2, 0) is 14.3 Å². The minimum Gasteiger partial charge on any atom is -0.460 e. The Labute approximate surface area is 213 Å². The van der Waals surface area contributed by atoms with E-state index in [1.165, 1.54) is 39.0 Å². The fraction of sp³-hybridized carbons (Fsp3) is 0.867. The number of nitrogens with one attached hydrogen (secondary N) is 1. The monoisotopic (exact) mass is 486 g/mol. The van der Waals surface area contributed by atoms with Crippen LogP contribution in [0.2, 0.25) is 0 Å². The zero-order valence-electron chi connectivity index (χ0n) is 23.5. The Bertz CT molecular complexity index is 853. The van der Waals surface area contributed by atoms with Gasteiger partial charge >= 0.3 is 5.97 Å². The van der Waals surface area contributed by atoms with E-state index in [1.807, 2.05) is 19.9 Å². The highest BCUT2D eigenvalue weighted by atomic mass is 16.5. The maximum absolute atomic E-state index is 12.7. The second-order valence-corrected chi connectivity index (χ2v) is 13.2. The highest BCUT2D eigenvalue weighted by Gasteiger charge is 2.62. The van der Waals surface area contributed by atoms with Crippen molar-refractivity contribution in [3.05, 3.63) is 11.6 Å². The van der Waals surface area contributed by atoms with E-state index < -0.39 is 0 Å². The standard InChI is InChI=1S/C30H50N2O3/c1-9-18(2)28(34)31-26-15-17-30(6)24-14-16-29(5)22(19(3)32(7)8)12-13-23(29)21(24)10-11-25(30)27(26)35-20(4)33/h9,19,21-27H,10-17H2,1-8H3,(H,31,34)/b18-9+/t19-,21-,22+,23-,24-,25-,26-,27+,29+,30+/m0/s1. The van der Waals surface area contributed by atoms with Crippen LogP contribution in [0, 0.1) is 40.4 Å². The predicted molar refractivity (Wildman–Crippen MR) is 141 cm³/mol. The first-order valence-electron chi connectivity index (χ1n) is 14.2. The topological polar surface area (TPSA) is 58.6 Å². The number of hydrogen-bond donors (Lipinski definition) is 1. The molecule has 1 amide bonds. The van der Waals surface area contributed by atoms with Crippen molar-refractivity contribution in [3.63, 3.8) is 0 Å². The van der Waals surface area contributed by atoms with Crippen LogP contribution < -0.4 is 5.32 Å². The molecule has 0 aromatic carbocycles. The average Bonchev–Trinajstić information content (AvgIpc) is 3.16. The predicted octanol–water partition coefficient (Wildman–Crippen LogP) is 5.59. The van der Waals surface area contributed by atoms with Crippen molar-refractivity contribution >= 4 is 11.9 Å². The maximum atomic E-state index is 12.7. The lowest BCUT2D eigenvalue weighted by Crippen LogP contribution is -2.62. The molecular formula is C30H50N2O3. The summed E-state index contributed by atoms with van der Waals surface area (Å²) in [6, 6.07) is 0.531. The summed E-state index contributed by atoms with van der Waals surface area (Å²) in [5.41, 5.74) is 1.34. The van der Waals surface area contributed by atoms with E-state index in [9.17, 15) is 9.59 Å². The van der Waals surface area contributed by atoms with Crippen LogP contribution in [0.3, 0.4) is 0 Å². The zero-order valence-corrected chi connectivity index (χ0v) is 23.5. The van der Waals surface area contributed by atoms with Crippen molar-refractivity contribution in [2.24, 2.45) is 40.4 Å². The summed E-state index contributed by atoms with van der Waals surface area (Å²) in [6.07, 6.45) is 11.3. The van der Waals surface area contributed by atoms with Gasteiger partial charge < -0.3 is 15.0 Å². The molecule has 10 atom stereocenters. The van der Waals surface area contributed by atoms with E-state index in [-0.39, 0.29) is 29.4 Å². The van der Waals surface area contributed by atoms with Gasteiger partial charge in [-0.25, -0.2) is 0 Å². The Morgan fingerprint density at radius 2 is 1.57 bits per heavy atom. The number of rotatable bonds is 5. The molecule has 0 aromatic rings. The smallest absolute Gasteiger partial charge is 0.302 e. The summed E-state index contributed by atoms with van der Waals surface area (Å²) in [4.78, 5) is 27.3. The molecule has 4 aliphatic carbocycles. The molecule has 4 rings (SSSR count). The van der Waals surface area contributed by atoms with Gasteiger partial charge in [0.15, 0.2) is 0 Å². The molecule has 198 valence electrons. The van der Waals surface area contributed by atoms with Crippen LogP contribution in [0.1, 0.15) is 92.9 Å². The zero-order chi connectivity index (χ0) is 25.7. The summed E-state index contributed by atoms with van der Waals surface area (Å²) in [6.45, 7) is 12.8. The summed E-state index contributed by atoms with van der Waals surface area (Å²) >= 11 is 0. The average molecular weight is 487 g/mol. The van der Waals surface area contributed by atoms with Crippen LogP contribution in [-0.4, -0.2) is 49.1 Å². The van der Waals surface area contributed by atoms with E-state index in [4.69, 9.17) is 4.74 Å². The van der Waals surface area contributed by atoms with Crippen LogP contribution in [0.25, 0.3) is 0 Å². The second-order valence-electron chi connectivity index (χ2n) is 13.2. The first kappa shape index (κ1) is 26.7. The van der Waals surface area contributed by atoms with E-state index in [1.54, 1.807) is 0 Å². The van der Waals surface area contributed by atoms with Crippen molar-refractivity contribution in [2.75, 3.05) is 14.1 Å². The summed E-state index contributed by atoms with van der Waals surface area (Å²) in [5.74, 6) is 3.13. The Hall–Kier alpha value is -1.36. The van der Waals surface area contributed by atoms with Crippen molar-refractivity contribution in [1.82, 2.24) is 10.2 Å². The molecule has 0 bridgehead atoms. The molecule has 0 radical (unpaired) electrons. The van der Waals surface area contributed by atoms with Crippen LogP contribution in [0.15, 0.2) is 11.6 Å². The van der Waals surface area contributed by atoms with Crippen LogP contribution in [0.4, 0.5) is 0 Å². The van der Waals surface area contributed by atoms with E-state index in [0.717, 1.165) is 42.6 Å². The molecule has 0 spiro atoms. The molecule has 4 fully saturated rings. The first-order chi connectivity index (χ1) is 16.4. The third-order valence-electron chi connectivity index (χ3n) is 11.6. The van der Waals surface area contributed by atoms with Crippen molar-refractivity contribution < 1.29 is 14.3 Å². The number of carbonyl (C=O) groups is 2. The number of amides is 1. The van der Waals surface area contributed by atoms with E-state index >= 15 is 0 Å². The number of esters is 1. The van der Waals surface area contributed by atoms with Crippen LogP contribution >= 0.6 is 0 Å². The number of hydrogen-bond acceptors (Lipinski definition) is 4. The third-order valence-corrected chi connectivity index (χ3v) is 11.6. The summed E-state index contributed by atoms with van der Waals surface area (Å²) in [5, 5.41) is 3.23. The van der Waals surface area contributed by atoms with Gasteiger partial charge in [0, 0.05) is 24.5 Å². The van der Waals surface area contributed by atoms with Gasteiger partial charge in [-0.2, -0.15) is 0 Å². The highest BCUT2D eigenvalue weighted by Crippen LogP contribution is 2.68. The number of fused-ring (bicyclic) bond motifs is 5. The molecule has 0 aliphatic heterocycles. The SMILES string of the molecule is C/C=C(\C)C(=O)N[C@H]1CC[C@]2(C)[C@H]3CC[C@]4(C)[C@@H]([C@H](C)N(C)C)CC[C@H]4[C@@H]3CC[C@H]2[C@H]1OC(C)=O. The number of nitrogens with zero attached hydrogens (tertiary/aromatic N) is 1. The van der Waals surface area contributed by atoms with Gasteiger partial charge in [0.05, 0.1) is 6.04 Å². The summed E-state index contributed by atoms with van der Waals surface area (Å²) in [7, 11) is 4.48. The molecule has 0 heterocycles. The fourth-order valence-corrected chi connectivity index (χ4v) is 9.42. The first-order valence-corrected chi connectivity index (χ1v) is 14.2. The fourth-order valence-electron chi connectivity index (χ4n) is 9.42. The Balaban J connectivity index is 1.57. The van der Waals surface area contributed by atoms with Crippen molar-refractivity contribution in [2.45, 2.75) is 111 Å². The molecule has 0 aromatic heterocycles. The lowest BCUT2D eigenvalue weighted by Gasteiger charge is -2.62. The largest absolute Gasteiger partial charge is 0.460 e. The van der Waals surface area contributed by atoms with Crippen molar-refractivity contribution in [3.8, 4) is 0 Å². The van der Waals surface area contributed by atoms with Gasteiger partial charge in [-0.3, -0.25) is 9.59 Å². The molecule has 4 aliphatic rings. The molecule has 5 nitrogen and oxygen atoms in total. The van der Waals surface area contributed by atoms with Gasteiger partial charge in [-0.15, -0.1) is 0 Å². The molecule has 5 heteroatoms. The third kappa shape index (κ3) is 4.49. The molecular weight excluding hydrogens is 436 g/mol. The van der Waals surface area contributed by atoms with Gasteiger partial charge in [0.1, 0.15) is 6.10 Å². The van der Waals surface area contributed by atoms with Crippen molar-refractivity contribution in [1.29, 1.82) is 0 Å². The van der Waals surface area contributed by atoms with Gasteiger partial charge in [0.2, 0.25) is 5.91 Å². The molecule has 35 heavy (non-hydrogen) atoms. The normalized spacial score (nSPS) is 44.1. The number of carbonyl (C=O) groups excluding carboxylic acids is 2. The van der Waals surface area contributed by atoms with E-state index in [0.29, 0.717) is 23.3 Å². The van der Waals surface area contributed by atoms with Gasteiger partial charge in [0.25, 0.3) is 0 Å². The summed E-state index contributed by atoms with van der Waals surface area (Å²) < 4.78 is 6.04. The minimum absolute atomic E-state index is 0.0348. The Morgan fingerprint density at radius 1 is 0.943 bits per heavy atom. The number of allylic oxidation sites excluding steroid dienone is 1. The lowest BCUT2D eigenvalue weighted by molar-refractivity contribution is -0.180. The molecule has 4 saturated carbocycles.